The number of tetrazole rings is 1. The van der Waals surface area contributed by atoms with Gasteiger partial charge in [-0.05, 0) is 33.5 Å². The van der Waals surface area contributed by atoms with Crippen LogP contribution in [-0.4, -0.2) is 52.8 Å². The summed E-state index contributed by atoms with van der Waals surface area (Å²) in [5.41, 5.74) is 2.89. The molecule has 0 atom stereocenters. The van der Waals surface area contributed by atoms with E-state index in [9.17, 15) is 14.4 Å². The molecule has 2 N–H and O–H groups in total. The Morgan fingerprint density at radius 2 is 1.78 bits per heavy atom. The van der Waals surface area contributed by atoms with Gasteiger partial charge in [0.2, 0.25) is 0 Å². The van der Waals surface area contributed by atoms with Crippen molar-refractivity contribution < 1.29 is 9.53 Å². The Kier molecular flexibility index (Phi) is 6.45. The molecule has 37 heavy (non-hydrogen) atoms. The van der Waals surface area contributed by atoms with Crippen molar-refractivity contribution in [2.75, 3.05) is 7.11 Å². The molecule has 0 spiro atoms. The lowest BCUT2D eigenvalue weighted by atomic mass is 9.98. The number of aromatic nitrogens is 8. The third-order valence-electron chi connectivity index (χ3n) is 6.09. The van der Waals surface area contributed by atoms with Crippen molar-refractivity contribution in [3.8, 4) is 22.5 Å². The van der Waals surface area contributed by atoms with Crippen LogP contribution in [0.25, 0.3) is 33.7 Å². The maximum absolute atomic E-state index is 12.9. The van der Waals surface area contributed by atoms with Crippen LogP contribution in [0, 0.1) is 0 Å². The summed E-state index contributed by atoms with van der Waals surface area (Å²) in [7, 11) is 1.24. The minimum Gasteiger partial charge on any atom is -0.468 e. The average Bonchev–Trinajstić information content (AvgIpc) is 3.56. The molecule has 2 aromatic carbocycles. The smallest absolute Gasteiger partial charge is 0.330 e. The molecule has 12 heteroatoms. The predicted molar refractivity (Wildman–Crippen MR) is 135 cm³/mol. The van der Waals surface area contributed by atoms with E-state index in [0.29, 0.717) is 24.6 Å². The minimum absolute atomic E-state index is 0.161. The van der Waals surface area contributed by atoms with Crippen LogP contribution in [0.15, 0.2) is 58.1 Å². The lowest BCUT2D eigenvalue weighted by Crippen LogP contribution is -2.33. The van der Waals surface area contributed by atoms with Crippen LogP contribution in [0.4, 0.5) is 0 Å². The van der Waals surface area contributed by atoms with Gasteiger partial charge < -0.3 is 9.30 Å². The van der Waals surface area contributed by atoms with Gasteiger partial charge in [-0.3, -0.25) is 19.1 Å². The van der Waals surface area contributed by atoms with Crippen molar-refractivity contribution in [1.29, 1.82) is 0 Å². The Morgan fingerprint density at radius 1 is 1.03 bits per heavy atom. The SMILES string of the molecule is CCCc1nc2c(c(=O)[nH]c(=O)n2CC(=O)OC)n1Cc1ccc(-c2ccccc2-c2nnn[nH]2)cc1. The van der Waals surface area contributed by atoms with Gasteiger partial charge in [0.25, 0.3) is 5.56 Å². The van der Waals surface area contributed by atoms with E-state index in [2.05, 4.69) is 30.6 Å². The van der Waals surface area contributed by atoms with Crippen LogP contribution in [0.3, 0.4) is 0 Å². The number of nitrogens with zero attached hydrogens (tertiary/aromatic N) is 6. The molecular weight excluding hydrogens is 476 g/mol. The van der Waals surface area contributed by atoms with Gasteiger partial charge in [-0.25, -0.2) is 14.9 Å². The normalized spacial score (nSPS) is 11.2. The molecule has 0 saturated heterocycles. The van der Waals surface area contributed by atoms with Crippen LogP contribution in [0.1, 0.15) is 24.7 Å². The fraction of sp³-hybridized carbons (Fsp3) is 0.240. The summed E-state index contributed by atoms with van der Waals surface area (Å²) in [5.74, 6) is 0.615. The largest absolute Gasteiger partial charge is 0.468 e. The van der Waals surface area contributed by atoms with E-state index in [4.69, 9.17) is 4.74 Å². The summed E-state index contributed by atoms with van der Waals surface area (Å²) >= 11 is 0. The molecule has 0 aliphatic heterocycles. The molecule has 0 amide bonds. The molecule has 3 aromatic heterocycles. The van der Waals surface area contributed by atoms with Crippen molar-refractivity contribution in [1.82, 2.24) is 39.7 Å². The summed E-state index contributed by atoms with van der Waals surface area (Å²) in [4.78, 5) is 44.1. The fourth-order valence-electron chi connectivity index (χ4n) is 4.33. The van der Waals surface area contributed by atoms with E-state index >= 15 is 0 Å². The lowest BCUT2D eigenvalue weighted by Gasteiger charge is -2.11. The highest BCUT2D eigenvalue weighted by atomic mass is 16.5. The fourth-order valence-corrected chi connectivity index (χ4v) is 4.33. The maximum Gasteiger partial charge on any atom is 0.330 e. The molecule has 0 bridgehead atoms. The predicted octanol–water partition coefficient (Wildman–Crippen LogP) is 1.91. The van der Waals surface area contributed by atoms with Crippen molar-refractivity contribution in [2.24, 2.45) is 0 Å². The van der Waals surface area contributed by atoms with Crippen molar-refractivity contribution in [3.63, 3.8) is 0 Å². The standard InChI is InChI=1S/C25H24N8O4/c1-3-6-19-26-23-21(24(35)27-25(36)33(23)14-20(34)37-2)32(19)13-15-9-11-16(12-10-15)17-7-4-5-8-18(17)22-28-30-31-29-22/h4-5,7-12H,3,6,13-14H2,1-2H3,(H,27,35,36)(H,28,29,30,31). The highest BCUT2D eigenvalue weighted by Gasteiger charge is 2.20. The van der Waals surface area contributed by atoms with Crippen LogP contribution in [0.2, 0.25) is 0 Å². The maximum atomic E-state index is 12.9. The molecule has 3 heterocycles. The van der Waals surface area contributed by atoms with E-state index < -0.39 is 17.2 Å². The minimum atomic E-state index is -0.708. The second-order valence-corrected chi connectivity index (χ2v) is 8.45. The number of ether oxygens (including phenoxy) is 1. The summed E-state index contributed by atoms with van der Waals surface area (Å²) in [6.07, 6.45) is 1.38. The average molecular weight is 501 g/mol. The first-order valence-electron chi connectivity index (χ1n) is 11.7. The van der Waals surface area contributed by atoms with Crippen molar-refractivity contribution >= 4 is 17.1 Å². The Bertz CT molecular complexity index is 1680. The van der Waals surface area contributed by atoms with E-state index in [1.165, 1.54) is 7.11 Å². The van der Waals surface area contributed by atoms with Gasteiger partial charge in [0.1, 0.15) is 12.4 Å². The number of methoxy groups -OCH3 is 1. The third kappa shape index (κ3) is 4.56. The first-order valence-corrected chi connectivity index (χ1v) is 11.7. The number of rotatable bonds is 8. The summed E-state index contributed by atoms with van der Waals surface area (Å²) in [6, 6.07) is 15.8. The number of hydrogen-bond donors (Lipinski definition) is 2. The van der Waals surface area contributed by atoms with Crippen LogP contribution in [0.5, 0.6) is 0 Å². The molecular formula is C25H24N8O4. The Labute approximate surface area is 209 Å². The zero-order valence-electron chi connectivity index (χ0n) is 20.3. The molecule has 0 radical (unpaired) electrons. The van der Waals surface area contributed by atoms with E-state index in [1.807, 2.05) is 55.5 Å². The molecule has 0 unspecified atom stereocenters. The van der Waals surface area contributed by atoms with Gasteiger partial charge in [0, 0.05) is 18.5 Å². The molecule has 188 valence electrons. The Morgan fingerprint density at radius 3 is 2.46 bits per heavy atom. The Hall–Kier alpha value is -4.87. The number of H-pyrrole nitrogens is 2. The van der Waals surface area contributed by atoms with Crippen molar-refractivity contribution in [3.05, 3.63) is 80.8 Å². The van der Waals surface area contributed by atoms with Crippen molar-refractivity contribution in [2.45, 2.75) is 32.9 Å². The number of fused-ring (bicyclic) bond motifs is 1. The van der Waals surface area contributed by atoms with Crippen LogP contribution >= 0.6 is 0 Å². The van der Waals surface area contributed by atoms with E-state index in [-0.39, 0.29) is 17.7 Å². The molecule has 0 saturated carbocycles. The summed E-state index contributed by atoms with van der Waals surface area (Å²) in [5, 5.41) is 14.2. The molecule has 0 aliphatic carbocycles. The highest BCUT2D eigenvalue weighted by molar-refractivity contribution is 5.80. The number of nitrogens with one attached hydrogen (secondary N) is 2. The van der Waals surface area contributed by atoms with Crippen LogP contribution in [-0.2, 0) is 29.0 Å². The first-order chi connectivity index (χ1) is 18.0. The zero-order chi connectivity index (χ0) is 25.9. The summed E-state index contributed by atoms with van der Waals surface area (Å²) in [6.45, 7) is 2.02. The lowest BCUT2D eigenvalue weighted by molar-refractivity contribution is -0.141. The van der Waals surface area contributed by atoms with Crippen LogP contribution < -0.4 is 11.2 Å². The van der Waals surface area contributed by atoms with E-state index in [1.54, 1.807) is 4.57 Å². The number of aromatic amines is 2. The van der Waals surface area contributed by atoms with Gasteiger partial charge >= 0.3 is 11.7 Å². The summed E-state index contributed by atoms with van der Waals surface area (Å²) < 4.78 is 7.65. The molecule has 0 fully saturated rings. The number of carbonyl (C=O) groups is 1. The number of carbonyl (C=O) groups excluding carboxylic acids is 1. The monoisotopic (exact) mass is 500 g/mol. The molecule has 5 aromatic rings. The second kappa shape index (κ2) is 10.0. The Balaban J connectivity index is 1.54. The second-order valence-electron chi connectivity index (χ2n) is 8.45. The molecule has 5 rings (SSSR count). The number of hydrogen-bond acceptors (Lipinski definition) is 8. The number of imidazole rings is 1. The molecule has 0 aliphatic rings. The first kappa shape index (κ1) is 23.9. The number of esters is 1. The number of benzene rings is 2. The zero-order valence-corrected chi connectivity index (χ0v) is 20.3. The number of aryl methyl sites for hydroxylation is 1. The third-order valence-corrected chi connectivity index (χ3v) is 6.09. The van der Waals surface area contributed by atoms with Gasteiger partial charge in [-0.1, -0.05) is 55.5 Å². The van der Waals surface area contributed by atoms with Gasteiger partial charge in [-0.15, -0.1) is 5.10 Å². The quantitative estimate of drug-likeness (QED) is 0.306. The molecule has 12 nitrogen and oxygen atoms in total. The van der Waals surface area contributed by atoms with Gasteiger partial charge in [0.05, 0.1) is 7.11 Å². The van der Waals surface area contributed by atoms with Gasteiger partial charge in [-0.2, -0.15) is 0 Å². The van der Waals surface area contributed by atoms with E-state index in [0.717, 1.165) is 33.2 Å². The highest BCUT2D eigenvalue weighted by Crippen LogP contribution is 2.30. The van der Waals surface area contributed by atoms with Gasteiger partial charge in [0.15, 0.2) is 17.0 Å². The topological polar surface area (TPSA) is 153 Å².